The van der Waals surface area contributed by atoms with Gasteiger partial charge in [0.15, 0.2) is 0 Å². The molecule has 0 aromatic heterocycles. The average molecular weight is 338 g/mol. The first-order valence-electron chi connectivity index (χ1n) is 6.36. The maximum absolute atomic E-state index is 2.69. The monoisotopic (exact) mass is 337 g/mol. The van der Waals surface area contributed by atoms with Gasteiger partial charge in [0.05, 0.1) is 0 Å². The summed E-state index contributed by atoms with van der Waals surface area (Å²) < 4.78 is 1.28. The van der Waals surface area contributed by atoms with Gasteiger partial charge in [-0.25, -0.2) is 0 Å². The van der Waals surface area contributed by atoms with Crippen LogP contribution in [0.3, 0.4) is 0 Å². The van der Waals surface area contributed by atoms with Gasteiger partial charge in [0, 0.05) is 0 Å². The van der Waals surface area contributed by atoms with Crippen molar-refractivity contribution in [3.63, 3.8) is 0 Å². The first-order valence-corrected chi connectivity index (χ1v) is 7.30. The van der Waals surface area contributed by atoms with Gasteiger partial charge in [-0.15, -0.1) is 0 Å². The Labute approximate surface area is 132 Å². The van der Waals surface area contributed by atoms with Gasteiger partial charge in [-0.1, -0.05) is 0 Å². The van der Waals surface area contributed by atoms with E-state index < -0.39 is 0 Å². The molecule has 0 spiro atoms. The summed E-state index contributed by atoms with van der Waals surface area (Å²) in [7, 11) is 0. The molecule has 0 atom stereocenters. The molecule has 0 saturated carbocycles. The van der Waals surface area contributed by atoms with Crippen LogP contribution in [-0.2, 0) is 0 Å². The predicted octanol–water partition coefficient (Wildman–Crippen LogP) is 0.944. The van der Waals surface area contributed by atoms with Crippen LogP contribution in [0.25, 0.3) is 32.3 Å². The van der Waals surface area contributed by atoms with E-state index in [0.717, 1.165) is 0 Å². The molecular weight excluding hydrogens is 327 g/mol. The van der Waals surface area contributed by atoms with Crippen molar-refractivity contribution in [3.8, 4) is 0 Å². The van der Waals surface area contributed by atoms with E-state index >= 15 is 0 Å². The van der Waals surface area contributed by atoms with Gasteiger partial charge in [-0.2, -0.15) is 0 Å². The fourth-order valence-corrected chi connectivity index (χ4v) is 3.49. The number of benzene rings is 4. The molecule has 0 aliphatic heterocycles. The fourth-order valence-electron chi connectivity index (χ4n) is 2.78. The van der Waals surface area contributed by atoms with Gasteiger partial charge in [0.25, 0.3) is 0 Å². The predicted molar refractivity (Wildman–Crippen MR) is 84.3 cm³/mol. The number of hydrogen-bond acceptors (Lipinski definition) is 0. The quantitative estimate of drug-likeness (QED) is 0.255. The second-order valence-corrected chi connectivity index (χ2v) is 5.87. The zero-order valence-electron chi connectivity index (χ0n) is 10.7. The van der Waals surface area contributed by atoms with Crippen LogP contribution in [0.5, 0.6) is 0 Å². The third kappa shape index (κ3) is 2.00. The second-order valence-electron chi connectivity index (χ2n) is 4.86. The molecule has 2 radical (unpaired) electrons. The van der Waals surface area contributed by atoms with E-state index in [0.29, 0.717) is 0 Å². The van der Waals surface area contributed by atoms with E-state index in [-0.39, 0.29) is 12.4 Å². The molecule has 0 N–H and O–H groups in total. The summed E-state index contributed by atoms with van der Waals surface area (Å²) in [6.45, 7) is 0. The summed E-state index contributed by atoms with van der Waals surface area (Å²) in [5.41, 5.74) is 0. The Morgan fingerprint density at radius 3 is 2.05 bits per heavy atom. The third-order valence-electron chi connectivity index (χ3n) is 3.70. The van der Waals surface area contributed by atoms with Crippen molar-refractivity contribution in [2.24, 2.45) is 0 Å². The maximum atomic E-state index is 2.69. The van der Waals surface area contributed by atoms with Gasteiger partial charge in [0.2, 0.25) is 0 Å². The number of hydrogen-bond donors (Lipinski definition) is 0. The van der Waals surface area contributed by atoms with Crippen LogP contribution in [0.2, 0.25) is 0 Å². The molecule has 0 heterocycles. The Hall–Kier alpha value is -1.49. The minimum Gasteiger partial charge on any atom is -1.00 e. The Bertz CT molecular complexity index is 928. The second kappa shape index (κ2) is 5.13. The van der Waals surface area contributed by atoms with Crippen molar-refractivity contribution in [2.45, 2.75) is 0 Å². The molecule has 0 fully saturated rings. The average Bonchev–Trinajstić information content (AvgIpc) is 2.45. The molecule has 0 amide bonds. The van der Waals surface area contributed by atoms with Crippen LogP contribution < -0.4 is 16.8 Å². The SMILES string of the molecule is [As]c1cccc2ccc3cc4ccccc4cc3c12.[Cl-]. The summed E-state index contributed by atoms with van der Waals surface area (Å²) in [5.74, 6) is 0. The van der Waals surface area contributed by atoms with E-state index in [2.05, 4.69) is 83.6 Å². The molecular formula is C18H11AsCl-. The molecule has 96 valence electrons. The van der Waals surface area contributed by atoms with Crippen LogP contribution in [0.1, 0.15) is 0 Å². The van der Waals surface area contributed by atoms with Crippen molar-refractivity contribution in [1.82, 2.24) is 0 Å². The van der Waals surface area contributed by atoms with Crippen LogP contribution in [0, 0.1) is 0 Å². The summed E-state index contributed by atoms with van der Waals surface area (Å²) in [4.78, 5) is 0. The Morgan fingerprint density at radius 1 is 0.600 bits per heavy atom. The molecule has 0 nitrogen and oxygen atoms in total. The summed E-state index contributed by atoms with van der Waals surface area (Å²) in [5, 5.41) is 7.92. The smallest absolute Gasteiger partial charge is 1.00 e. The molecule has 0 bridgehead atoms. The molecule has 20 heavy (non-hydrogen) atoms. The molecule has 4 aromatic rings. The topological polar surface area (TPSA) is 0 Å². The van der Waals surface area contributed by atoms with Crippen molar-refractivity contribution >= 4 is 53.5 Å². The van der Waals surface area contributed by atoms with E-state index in [1.165, 1.54) is 36.7 Å². The van der Waals surface area contributed by atoms with Gasteiger partial charge in [0.1, 0.15) is 0 Å². The van der Waals surface area contributed by atoms with Crippen LogP contribution >= 0.6 is 0 Å². The van der Waals surface area contributed by atoms with Crippen LogP contribution in [-0.4, -0.2) is 16.9 Å². The Balaban J connectivity index is 0.00000121. The fraction of sp³-hybridized carbons (Fsp3) is 0. The first-order chi connectivity index (χ1) is 9.33. The van der Waals surface area contributed by atoms with Crippen LogP contribution in [0.15, 0.2) is 66.7 Å². The zero-order chi connectivity index (χ0) is 12.8. The van der Waals surface area contributed by atoms with E-state index in [1.54, 1.807) is 0 Å². The maximum Gasteiger partial charge on any atom is -1.00 e. The van der Waals surface area contributed by atoms with Crippen molar-refractivity contribution in [2.75, 3.05) is 0 Å². The molecule has 0 saturated heterocycles. The standard InChI is InChI=1S/C18H11As.ClH/c19-17-7-3-6-12-8-9-15-10-13-4-1-2-5-14(13)11-16(15)18(12)17;/h1-11H;1H/p-1. The molecule has 2 heteroatoms. The van der Waals surface area contributed by atoms with Crippen molar-refractivity contribution in [1.29, 1.82) is 0 Å². The van der Waals surface area contributed by atoms with Crippen molar-refractivity contribution in [3.05, 3.63) is 66.7 Å². The largest absolute Gasteiger partial charge is 1.00 e. The minimum absolute atomic E-state index is 0. The van der Waals surface area contributed by atoms with Gasteiger partial charge in [-0.05, 0) is 0 Å². The number of fused-ring (bicyclic) bond motifs is 4. The Kier molecular flexibility index (Phi) is 3.46. The zero-order valence-corrected chi connectivity index (χ0v) is 13.3. The van der Waals surface area contributed by atoms with Crippen molar-refractivity contribution < 1.29 is 12.4 Å². The van der Waals surface area contributed by atoms with E-state index in [1.807, 2.05) is 0 Å². The molecule has 4 rings (SSSR count). The molecule has 0 unspecified atom stereocenters. The molecule has 4 aromatic carbocycles. The van der Waals surface area contributed by atoms with E-state index in [4.69, 9.17) is 0 Å². The molecule has 0 aliphatic carbocycles. The van der Waals surface area contributed by atoms with Crippen LogP contribution in [0.4, 0.5) is 0 Å². The van der Waals surface area contributed by atoms with Gasteiger partial charge >= 0.3 is 120 Å². The Morgan fingerprint density at radius 2 is 1.25 bits per heavy atom. The van der Waals surface area contributed by atoms with E-state index in [9.17, 15) is 0 Å². The minimum atomic E-state index is 0. The third-order valence-corrected chi connectivity index (χ3v) is 4.49. The first kappa shape index (κ1) is 13.5. The normalized spacial score (nSPS) is 10.8. The number of halogens is 1. The summed E-state index contributed by atoms with van der Waals surface area (Å²) in [6.07, 6.45) is 0. The number of rotatable bonds is 0. The van der Waals surface area contributed by atoms with Gasteiger partial charge < -0.3 is 12.4 Å². The summed E-state index contributed by atoms with van der Waals surface area (Å²) >= 11 is 2.69. The van der Waals surface area contributed by atoms with Gasteiger partial charge in [-0.3, -0.25) is 0 Å². The molecule has 0 aliphatic rings. The summed E-state index contributed by atoms with van der Waals surface area (Å²) in [6, 6.07) is 24.0.